The molecular weight excluding hydrogens is 395 g/mol. The summed E-state index contributed by atoms with van der Waals surface area (Å²) in [5.41, 5.74) is 3.60. The molecule has 5 heteroatoms. The summed E-state index contributed by atoms with van der Waals surface area (Å²) in [6, 6.07) is 19.1. The van der Waals surface area contributed by atoms with Gasteiger partial charge in [-0.1, -0.05) is 63.4 Å². The van der Waals surface area contributed by atoms with Gasteiger partial charge in [0.2, 0.25) is 0 Å². The largest absolute Gasteiger partial charge is 0.235 e. The van der Waals surface area contributed by atoms with Crippen molar-refractivity contribution in [3.8, 4) is 28.5 Å². The Bertz CT molecular complexity index is 898. The third-order valence-electron chi connectivity index (χ3n) is 3.38. The minimum absolute atomic E-state index is 0.192. The smallest absolute Gasteiger partial charge is 0.148 e. The molecule has 0 amide bonds. The predicted octanol–water partition coefficient (Wildman–Crippen LogP) is 6.36. The van der Waals surface area contributed by atoms with E-state index in [0.717, 1.165) is 21.2 Å². The van der Waals surface area contributed by atoms with E-state index in [1.165, 1.54) is 0 Å². The van der Waals surface area contributed by atoms with Crippen LogP contribution in [0, 0.1) is 11.3 Å². The number of pyridine rings is 1. The third kappa shape index (κ3) is 3.40. The van der Waals surface area contributed by atoms with Gasteiger partial charge in [-0.2, -0.15) is 5.26 Å². The van der Waals surface area contributed by atoms with Crippen LogP contribution in [-0.4, -0.2) is 4.98 Å². The molecular formula is C18H9BrCl2N2. The molecule has 1 heterocycles. The molecule has 3 aromatic rings. The lowest BCUT2D eigenvalue weighted by Gasteiger charge is -2.10. The summed E-state index contributed by atoms with van der Waals surface area (Å²) in [7, 11) is 0. The molecule has 0 saturated heterocycles. The van der Waals surface area contributed by atoms with E-state index in [1.54, 1.807) is 12.1 Å². The monoisotopic (exact) mass is 402 g/mol. The molecule has 0 aliphatic heterocycles. The second-order valence-electron chi connectivity index (χ2n) is 4.85. The molecule has 0 saturated carbocycles. The first-order valence-electron chi connectivity index (χ1n) is 6.71. The fourth-order valence-corrected chi connectivity index (χ4v) is 2.87. The van der Waals surface area contributed by atoms with Gasteiger partial charge in [-0.05, 0) is 35.9 Å². The maximum atomic E-state index is 9.41. The number of benzene rings is 2. The van der Waals surface area contributed by atoms with Crippen LogP contribution in [0.25, 0.3) is 22.4 Å². The summed E-state index contributed by atoms with van der Waals surface area (Å²) in [6.45, 7) is 0. The van der Waals surface area contributed by atoms with Gasteiger partial charge in [0.15, 0.2) is 0 Å². The van der Waals surface area contributed by atoms with E-state index < -0.39 is 0 Å². The molecule has 0 aliphatic rings. The summed E-state index contributed by atoms with van der Waals surface area (Å²) in [5, 5.41) is 10.2. The summed E-state index contributed by atoms with van der Waals surface area (Å²) in [4.78, 5) is 4.35. The number of hydrogen-bond donors (Lipinski definition) is 0. The number of halogens is 3. The Balaban J connectivity index is 2.20. The van der Waals surface area contributed by atoms with Crippen molar-refractivity contribution in [3.63, 3.8) is 0 Å². The van der Waals surface area contributed by atoms with Gasteiger partial charge in [0, 0.05) is 20.6 Å². The second-order valence-corrected chi connectivity index (χ2v) is 6.56. The van der Waals surface area contributed by atoms with Crippen molar-refractivity contribution in [1.82, 2.24) is 4.98 Å². The van der Waals surface area contributed by atoms with Gasteiger partial charge < -0.3 is 0 Å². The Morgan fingerprint density at radius 1 is 0.913 bits per heavy atom. The van der Waals surface area contributed by atoms with E-state index in [0.29, 0.717) is 16.3 Å². The Morgan fingerprint density at radius 2 is 1.52 bits per heavy atom. The maximum absolute atomic E-state index is 9.41. The van der Waals surface area contributed by atoms with Crippen molar-refractivity contribution in [1.29, 1.82) is 5.26 Å². The molecule has 0 aliphatic carbocycles. The van der Waals surface area contributed by atoms with Crippen molar-refractivity contribution < 1.29 is 0 Å². The zero-order chi connectivity index (χ0) is 16.4. The number of rotatable bonds is 2. The fraction of sp³-hybridized carbons (Fsp3) is 0. The van der Waals surface area contributed by atoms with Crippen LogP contribution in [0.5, 0.6) is 0 Å². The summed E-state index contributed by atoms with van der Waals surface area (Å²) < 4.78 is 0.985. The standard InChI is InChI=1S/C18H9BrCl2N2/c19-13-5-1-12(2-6-13)17-9-15(16(10-22)18(21)23-17)11-3-7-14(20)8-4-11/h1-9H. The maximum Gasteiger partial charge on any atom is 0.148 e. The van der Waals surface area contributed by atoms with E-state index in [9.17, 15) is 5.26 Å². The van der Waals surface area contributed by atoms with Crippen LogP contribution in [0.15, 0.2) is 59.1 Å². The lowest BCUT2D eigenvalue weighted by atomic mass is 9.99. The number of aromatic nitrogens is 1. The van der Waals surface area contributed by atoms with Gasteiger partial charge in [-0.15, -0.1) is 0 Å². The van der Waals surface area contributed by atoms with Crippen LogP contribution in [0.3, 0.4) is 0 Å². The molecule has 23 heavy (non-hydrogen) atoms. The Morgan fingerprint density at radius 3 is 2.13 bits per heavy atom. The van der Waals surface area contributed by atoms with Crippen molar-refractivity contribution in [2.24, 2.45) is 0 Å². The van der Waals surface area contributed by atoms with Gasteiger partial charge in [0.1, 0.15) is 11.2 Å². The molecule has 0 bridgehead atoms. The van der Waals surface area contributed by atoms with Crippen LogP contribution in [-0.2, 0) is 0 Å². The molecule has 1 aromatic heterocycles. The highest BCUT2D eigenvalue weighted by atomic mass is 79.9. The van der Waals surface area contributed by atoms with Crippen molar-refractivity contribution in [2.75, 3.05) is 0 Å². The first kappa shape index (κ1) is 16.0. The van der Waals surface area contributed by atoms with Gasteiger partial charge in [0.05, 0.1) is 11.3 Å². The van der Waals surface area contributed by atoms with Gasteiger partial charge >= 0.3 is 0 Å². The highest BCUT2D eigenvalue weighted by Crippen LogP contribution is 2.33. The number of nitriles is 1. The zero-order valence-electron chi connectivity index (χ0n) is 11.7. The van der Waals surface area contributed by atoms with Gasteiger partial charge in [-0.25, -0.2) is 4.98 Å². The van der Waals surface area contributed by atoms with Crippen LogP contribution in [0.4, 0.5) is 0 Å². The summed E-state index contributed by atoms with van der Waals surface area (Å²) in [5.74, 6) is 0. The summed E-state index contributed by atoms with van der Waals surface area (Å²) >= 11 is 15.6. The molecule has 0 fully saturated rings. The van der Waals surface area contributed by atoms with Crippen molar-refractivity contribution in [2.45, 2.75) is 0 Å². The van der Waals surface area contributed by atoms with Crippen LogP contribution < -0.4 is 0 Å². The highest BCUT2D eigenvalue weighted by Gasteiger charge is 2.14. The molecule has 0 radical (unpaired) electrons. The molecule has 0 spiro atoms. The average molecular weight is 404 g/mol. The molecule has 2 nitrogen and oxygen atoms in total. The van der Waals surface area contributed by atoms with E-state index in [-0.39, 0.29) is 5.15 Å². The molecule has 3 rings (SSSR count). The van der Waals surface area contributed by atoms with Crippen molar-refractivity contribution >= 4 is 39.1 Å². The first-order chi connectivity index (χ1) is 11.1. The van der Waals surface area contributed by atoms with Crippen LogP contribution in [0.2, 0.25) is 10.2 Å². The Hall–Kier alpha value is -1.86. The fourth-order valence-electron chi connectivity index (χ4n) is 2.25. The molecule has 0 atom stereocenters. The lowest BCUT2D eigenvalue weighted by Crippen LogP contribution is -1.93. The quantitative estimate of drug-likeness (QED) is 0.467. The SMILES string of the molecule is N#Cc1c(-c2ccc(Cl)cc2)cc(-c2ccc(Br)cc2)nc1Cl. The van der Waals surface area contributed by atoms with Crippen LogP contribution >= 0.6 is 39.1 Å². The number of nitrogens with zero attached hydrogens (tertiary/aromatic N) is 2. The molecule has 112 valence electrons. The van der Waals surface area contributed by atoms with Crippen molar-refractivity contribution in [3.05, 3.63) is 74.8 Å². The highest BCUT2D eigenvalue weighted by molar-refractivity contribution is 9.10. The topological polar surface area (TPSA) is 36.7 Å². The van der Waals surface area contributed by atoms with E-state index in [1.807, 2.05) is 42.5 Å². The minimum Gasteiger partial charge on any atom is -0.235 e. The van der Waals surface area contributed by atoms with E-state index >= 15 is 0 Å². The van der Waals surface area contributed by atoms with Gasteiger partial charge in [-0.3, -0.25) is 0 Å². The zero-order valence-corrected chi connectivity index (χ0v) is 14.8. The molecule has 2 aromatic carbocycles. The average Bonchev–Trinajstić information content (AvgIpc) is 2.55. The van der Waals surface area contributed by atoms with Gasteiger partial charge in [0.25, 0.3) is 0 Å². The van der Waals surface area contributed by atoms with Crippen LogP contribution in [0.1, 0.15) is 5.56 Å². The second kappa shape index (κ2) is 6.72. The number of hydrogen-bond acceptors (Lipinski definition) is 2. The molecule has 0 unspecified atom stereocenters. The lowest BCUT2D eigenvalue weighted by molar-refractivity contribution is 1.30. The summed E-state index contributed by atoms with van der Waals surface area (Å²) in [6.07, 6.45) is 0. The Labute approximate surface area is 152 Å². The molecule has 0 N–H and O–H groups in total. The minimum atomic E-state index is 0.192. The first-order valence-corrected chi connectivity index (χ1v) is 8.26. The van der Waals surface area contributed by atoms with E-state index in [2.05, 4.69) is 27.0 Å². The normalized spacial score (nSPS) is 10.3. The third-order valence-corrected chi connectivity index (χ3v) is 4.44. The predicted molar refractivity (Wildman–Crippen MR) is 97.5 cm³/mol. The Kier molecular flexibility index (Phi) is 4.68. The van der Waals surface area contributed by atoms with E-state index in [4.69, 9.17) is 23.2 Å².